The van der Waals surface area contributed by atoms with E-state index in [4.69, 9.17) is 4.74 Å². The first-order valence-corrected chi connectivity index (χ1v) is 8.27. The second-order valence-corrected chi connectivity index (χ2v) is 6.42. The fraction of sp³-hybridized carbons (Fsp3) is 0.200. The highest BCUT2D eigenvalue weighted by atomic mass is 19.1. The van der Waals surface area contributed by atoms with Crippen molar-refractivity contribution < 1.29 is 9.13 Å². The lowest BCUT2D eigenvalue weighted by Crippen LogP contribution is -2.24. The van der Waals surface area contributed by atoms with Crippen LogP contribution in [0.5, 0.6) is 5.75 Å². The molecule has 6 heteroatoms. The van der Waals surface area contributed by atoms with Gasteiger partial charge >= 0.3 is 0 Å². The fourth-order valence-corrected chi connectivity index (χ4v) is 3.41. The van der Waals surface area contributed by atoms with Crippen molar-refractivity contribution in [3.05, 3.63) is 69.9 Å². The SMILES string of the molecule is COc1cc2c(cc1F)c1cnn(Cc3cccc(C)c3)c(=O)c1n2C. The van der Waals surface area contributed by atoms with Crippen LogP contribution in [0.1, 0.15) is 11.1 Å². The second-order valence-electron chi connectivity index (χ2n) is 6.42. The van der Waals surface area contributed by atoms with E-state index in [0.717, 1.165) is 16.6 Å². The number of halogens is 1. The van der Waals surface area contributed by atoms with Crippen molar-refractivity contribution in [2.75, 3.05) is 7.11 Å². The molecule has 2 aromatic heterocycles. The maximum Gasteiger partial charge on any atom is 0.291 e. The predicted octanol–water partition coefficient (Wildman–Crippen LogP) is 3.39. The van der Waals surface area contributed by atoms with E-state index in [1.54, 1.807) is 23.9 Å². The van der Waals surface area contributed by atoms with E-state index in [9.17, 15) is 9.18 Å². The lowest BCUT2D eigenvalue weighted by atomic mass is 10.1. The summed E-state index contributed by atoms with van der Waals surface area (Å²) in [6, 6.07) is 11.0. The molecule has 2 aromatic carbocycles. The Hall–Kier alpha value is -3.15. The molecular weight excluding hydrogens is 333 g/mol. The van der Waals surface area contributed by atoms with E-state index in [1.807, 2.05) is 31.2 Å². The topological polar surface area (TPSA) is 49.1 Å². The highest BCUT2D eigenvalue weighted by Crippen LogP contribution is 2.30. The minimum Gasteiger partial charge on any atom is -0.494 e. The van der Waals surface area contributed by atoms with Crippen molar-refractivity contribution in [3.63, 3.8) is 0 Å². The van der Waals surface area contributed by atoms with Crippen LogP contribution in [0, 0.1) is 12.7 Å². The van der Waals surface area contributed by atoms with Crippen molar-refractivity contribution in [2.45, 2.75) is 13.5 Å². The van der Waals surface area contributed by atoms with Crippen molar-refractivity contribution >= 4 is 21.8 Å². The number of nitrogens with zero attached hydrogens (tertiary/aromatic N) is 3. The standard InChI is InChI=1S/C20H18FN3O2/c1-12-5-4-6-13(7-12)11-24-20(25)19-15(10-22-24)14-8-16(21)18(26-3)9-17(14)23(19)2/h4-10H,11H2,1-3H3. The van der Waals surface area contributed by atoms with Gasteiger partial charge in [-0.1, -0.05) is 29.8 Å². The van der Waals surface area contributed by atoms with Gasteiger partial charge in [-0.05, 0) is 18.6 Å². The largest absolute Gasteiger partial charge is 0.494 e. The number of aryl methyl sites for hydroxylation is 2. The monoisotopic (exact) mass is 351 g/mol. The summed E-state index contributed by atoms with van der Waals surface area (Å²) < 4.78 is 22.4. The molecule has 132 valence electrons. The number of ether oxygens (including phenoxy) is 1. The lowest BCUT2D eigenvalue weighted by molar-refractivity contribution is 0.387. The Morgan fingerprint density at radius 3 is 2.73 bits per heavy atom. The fourth-order valence-electron chi connectivity index (χ4n) is 3.41. The summed E-state index contributed by atoms with van der Waals surface area (Å²) in [5.41, 5.74) is 3.15. The smallest absolute Gasteiger partial charge is 0.291 e. The van der Waals surface area contributed by atoms with Crippen LogP contribution in [-0.4, -0.2) is 21.5 Å². The third kappa shape index (κ3) is 2.45. The number of rotatable bonds is 3. The molecule has 0 bridgehead atoms. The number of hydrogen-bond donors (Lipinski definition) is 0. The van der Waals surface area contributed by atoms with Crippen LogP contribution in [0.15, 0.2) is 47.4 Å². The zero-order valence-electron chi connectivity index (χ0n) is 14.8. The minimum atomic E-state index is -0.462. The molecule has 2 heterocycles. The van der Waals surface area contributed by atoms with Crippen LogP contribution in [0.4, 0.5) is 4.39 Å². The van der Waals surface area contributed by atoms with Gasteiger partial charge in [0.25, 0.3) is 5.56 Å². The summed E-state index contributed by atoms with van der Waals surface area (Å²) in [6.07, 6.45) is 1.63. The van der Waals surface area contributed by atoms with Crippen LogP contribution in [0.25, 0.3) is 21.8 Å². The van der Waals surface area contributed by atoms with Crippen molar-refractivity contribution in [1.82, 2.24) is 14.3 Å². The van der Waals surface area contributed by atoms with Gasteiger partial charge in [0, 0.05) is 23.9 Å². The molecule has 0 aliphatic carbocycles. The summed E-state index contributed by atoms with van der Waals surface area (Å²) in [5, 5.41) is 5.58. The molecule has 0 aliphatic heterocycles. The van der Waals surface area contributed by atoms with Crippen LogP contribution in [-0.2, 0) is 13.6 Å². The number of benzene rings is 2. The number of methoxy groups -OCH3 is 1. The van der Waals surface area contributed by atoms with Crippen molar-refractivity contribution in [2.24, 2.45) is 7.05 Å². The average Bonchev–Trinajstić information content (AvgIpc) is 2.89. The number of fused-ring (bicyclic) bond motifs is 3. The van der Waals surface area contributed by atoms with Crippen LogP contribution >= 0.6 is 0 Å². The zero-order chi connectivity index (χ0) is 18.4. The van der Waals surface area contributed by atoms with Crippen molar-refractivity contribution in [3.8, 4) is 5.75 Å². The molecule has 0 unspecified atom stereocenters. The molecule has 0 spiro atoms. The van der Waals surface area contributed by atoms with Gasteiger partial charge in [0.2, 0.25) is 0 Å². The van der Waals surface area contributed by atoms with E-state index in [-0.39, 0.29) is 11.3 Å². The maximum atomic E-state index is 14.1. The third-order valence-corrected chi connectivity index (χ3v) is 4.69. The summed E-state index contributed by atoms with van der Waals surface area (Å²) in [4.78, 5) is 13.0. The Morgan fingerprint density at radius 1 is 1.19 bits per heavy atom. The van der Waals surface area contributed by atoms with Crippen LogP contribution in [0.3, 0.4) is 0 Å². The molecule has 0 aliphatic rings. The van der Waals surface area contributed by atoms with Gasteiger partial charge in [-0.15, -0.1) is 0 Å². The molecule has 0 radical (unpaired) electrons. The molecule has 4 aromatic rings. The van der Waals surface area contributed by atoms with Gasteiger partial charge in [0.05, 0.1) is 25.4 Å². The molecule has 0 N–H and O–H groups in total. The van der Waals surface area contributed by atoms with E-state index in [0.29, 0.717) is 22.8 Å². The molecule has 26 heavy (non-hydrogen) atoms. The van der Waals surface area contributed by atoms with Crippen molar-refractivity contribution in [1.29, 1.82) is 0 Å². The summed E-state index contributed by atoms with van der Waals surface area (Å²) in [6.45, 7) is 2.39. The summed E-state index contributed by atoms with van der Waals surface area (Å²) in [5.74, 6) is -0.312. The Balaban J connectivity index is 1.94. The molecule has 0 fully saturated rings. The van der Waals surface area contributed by atoms with Gasteiger partial charge in [0.1, 0.15) is 5.52 Å². The summed E-state index contributed by atoms with van der Waals surface area (Å²) >= 11 is 0. The Bertz CT molecular complexity index is 1210. The van der Waals surface area contributed by atoms with Gasteiger partial charge < -0.3 is 9.30 Å². The first-order chi connectivity index (χ1) is 12.5. The maximum absolute atomic E-state index is 14.1. The van der Waals surface area contributed by atoms with E-state index in [1.165, 1.54) is 17.9 Å². The first-order valence-electron chi connectivity index (χ1n) is 8.27. The molecular formula is C20H18FN3O2. The normalized spacial score (nSPS) is 11.4. The minimum absolute atomic E-state index is 0.149. The molecule has 0 amide bonds. The molecule has 0 saturated carbocycles. The number of hydrogen-bond acceptors (Lipinski definition) is 3. The molecule has 4 rings (SSSR count). The van der Waals surface area contributed by atoms with Crippen LogP contribution in [0.2, 0.25) is 0 Å². The quantitative estimate of drug-likeness (QED) is 0.568. The second kappa shape index (κ2) is 5.98. The zero-order valence-corrected chi connectivity index (χ0v) is 14.8. The lowest BCUT2D eigenvalue weighted by Gasteiger charge is -2.06. The highest BCUT2D eigenvalue weighted by Gasteiger charge is 2.17. The Kier molecular flexibility index (Phi) is 3.76. The average molecular weight is 351 g/mol. The first kappa shape index (κ1) is 16.3. The van der Waals surface area contributed by atoms with Gasteiger partial charge in [-0.2, -0.15) is 5.10 Å². The Labute approximate surface area is 149 Å². The van der Waals surface area contributed by atoms with Gasteiger partial charge in [-0.3, -0.25) is 4.79 Å². The molecule has 0 saturated heterocycles. The number of aromatic nitrogens is 3. The van der Waals surface area contributed by atoms with Gasteiger partial charge in [0.15, 0.2) is 11.6 Å². The van der Waals surface area contributed by atoms with Gasteiger partial charge in [-0.25, -0.2) is 9.07 Å². The van der Waals surface area contributed by atoms with Crippen LogP contribution < -0.4 is 10.3 Å². The molecule has 5 nitrogen and oxygen atoms in total. The molecule has 0 atom stereocenters. The van der Waals surface area contributed by atoms with E-state index >= 15 is 0 Å². The third-order valence-electron chi connectivity index (χ3n) is 4.69. The highest BCUT2D eigenvalue weighted by molar-refractivity contribution is 6.07. The Morgan fingerprint density at radius 2 is 2.00 bits per heavy atom. The van der Waals surface area contributed by atoms with E-state index in [2.05, 4.69) is 5.10 Å². The summed E-state index contributed by atoms with van der Waals surface area (Å²) in [7, 11) is 3.21. The van der Waals surface area contributed by atoms with E-state index < -0.39 is 5.82 Å². The predicted molar refractivity (Wildman–Crippen MR) is 99.3 cm³/mol.